The summed E-state index contributed by atoms with van der Waals surface area (Å²) in [4.78, 5) is 0.0838. The Morgan fingerprint density at radius 3 is 2.37 bits per heavy atom. The van der Waals surface area contributed by atoms with Gasteiger partial charge in [-0.2, -0.15) is 0 Å². The molecule has 0 amide bonds. The van der Waals surface area contributed by atoms with Gasteiger partial charge < -0.3 is 9.73 Å². The first-order valence-corrected chi connectivity index (χ1v) is 7.37. The van der Waals surface area contributed by atoms with Crippen LogP contribution < -0.4 is 5.32 Å². The zero-order valence-electron chi connectivity index (χ0n) is 10.4. The fourth-order valence-corrected chi connectivity index (χ4v) is 2.93. The monoisotopic (exact) mass is 283 g/mol. The smallest absolute Gasteiger partial charge is 0.185 e. The van der Waals surface area contributed by atoms with Crippen molar-refractivity contribution >= 4 is 9.84 Å². The zero-order chi connectivity index (χ0) is 13.9. The van der Waals surface area contributed by atoms with Crippen molar-refractivity contribution in [3.63, 3.8) is 0 Å². The van der Waals surface area contributed by atoms with E-state index in [0.29, 0.717) is 18.1 Å². The molecule has 0 radical (unpaired) electrons. The summed E-state index contributed by atoms with van der Waals surface area (Å²) in [5.41, 5.74) is 0. The van der Waals surface area contributed by atoms with Gasteiger partial charge in [-0.05, 0) is 43.4 Å². The first kappa shape index (κ1) is 13.8. The minimum absolute atomic E-state index is 0.0838. The molecular weight excluding hydrogens is 269 g/mol. The first-order chi connectivity index (χ1) is 9.01. The second-order valence-electron chi connectivity index (χ2n) is 4.11. The van der Waals surface area contributed by atoms with Gasteiger partial charge in [-0.25, -0.2) is 12.8 Å². The third-order valence-corrected chi connectivity index (χ3v) is 4.23. The largest absolute Gasteiger partial charge is 0.464 e. The SMILES string of the molecule is CNCc1ccc(CS(=O)(=O)c2ccc(F)cc2)o1. The molecule has 0 unspecified atom stereocenters. The maximum atomic E-state index is 12.8. The molecule has 0 saturated carbocycles. The van der Waals surface area contributed by atoms with Crippen molar-refractivity contribution in [3.8, 4) is 0 Å². The molecule has 0 spiro atoms. The highest BCUT2D eigenvalue weighted by Gasteiger charge is 2.17. The summed E-state index contributed by atoms with van der Waals surface area (Å²) in [7, 11) is -1.74. The second kappa shape index (κ2) is 5.54. The number of sulfone groups is 1. The maximum absolute atomic E-state index is 12.8. The lowest BCUT2D eigenvalue weighted by Gasteiger charge is -2.02. The van der Waals surface area contributed by atoms with E-state index in [2.05, 4.69) is 5.32 Å². The number of benzene rings is 1. The molecule has 0 aliphatic heterocycles. The molecule has 1 aromatic carbocycles. The lowest BCUT2D eigenvalue weighted by Crippen LogP contribution is -2.05. The van der Waals surface area contributed by atoms with Crippen LogP contribution in [0.1, 0.15) is 11.5 Å². The molecule has 19 heavy (non-hydrogen) atoms. The van der Waals surface area contributed by atoms with E-state index in [-0.39, 0.29) is 10.6 Å². The average molecular weight is 283 g/mol. The highest BCUT2D eigenvalue weighted by atomic mass is 32.2. The Morgan fingerprint density at radius 2 is 1.74 bits per heavy atom. The van der Waals surface area contributed by atoms with E-state index in [1.165, 1.54) is 12.1 Å². The summed E-state index contributed by atoms with van der Waals surface area (Å²) in [6, 6.07) is 8.12. The van der Waals surface area contributed by atoms with Crippen LogP contribution >= 0.6 is 0 Å². The molecule has 0 aliphatic carbocycles. The van der Waals surface area contributed by atoms with Crippen LogP contribution in [0.2, 0.25) is 0 Å². The predicted molar refractivity (Wildman–Crippen MR) is 68.8 cm³/mol. The molecule has 1 N–H and O–H groups in total. The predicted octanol–water partition coefficient (Wildman–Crippen LogP) is 2.11. The van der Waals surface area contributed by atoms with Crippen LogP contribution in [0.3, 0.4) is 0 Å². The van der Waals surface area contributed by atoms with Gasteiger partial charge in [0.2, 0.25) is 0 Å². The molecule has 2 aromatic rings. The summed E-state index contributed by atoms with van der Waals surface area (Å²) < 4.78 is 42.3. The second-order valence-corrected chi connectivity index (χ2v) is 6.10. The number of hydrogen-bond acceptors (Lipinski definition) is 4. The van der Waals surface area contributed by atoms with Crippen LogP contribution in [-0.4, -0.2) is 15.5 Å². The van der Waals surface area contributed by atoms with Gasteiger partial charge in [0, 0.05) is 0 Å². The Morgan fingerprint density at radius 1 is 1.11 bits per heavy atom. The molecule has 6 heteroatoms. The van der Waals surface area contributed by atoms with E-state index in [9.17, 15) is 12.8 Å². The molecule has 1 heterocycles. The van der Waals surface area contributed by atoms with Gasteiger partial charge in [0.1, 0.15) is 23.1 Å². The van der Waals surface area contributed by atoms with Crippen molar-refractivity contribution in [2.45, 2.75) is 17.2 Å². The van der Waals surface area contributed by atoms with E-state index in [1.54, 1.807) is 19.2 Å². The van der Waals surface area contributed by atoms with Crippen LogP contribution in [0.4, 0.5) is 4.39 Å². The Balaban J connectivity index is 2.18. The summed E-state index contributed by atoms with van der Waals surface area (Å²) in [6.45, 7) is 0.538. The van der Waals surface area contributed by atoms with E-state index >= 15 is 0 Å². The zero-order valence-corrected chi connectivity index (χ0v) is 11.2. The molecule has 0 bridgehead atoms. The van der Waals surface area contributed by atoms with Crippen LogP contribution in [0, 0.1) is 5.82 Å². The standard InChI is InChI=1S/C13H14FNO3S/c1-15-8-11-4-5-12(18-11)9-19(16,17)13-6-2-10(14)3-7-13/h2-7,15H,8-9H2,1H3. The summed E-state index contributed by atoms with van der Waals surface area (Å²) in [5, 5.41) is 2.91. The molecule has 2 rings (SSSR count). The van der Waals surface area contributed by atoms with E-state index in [4.69, 9.17) is 4.42 Å². The van der Waals surface area contributed by atoms with Gasteiger partial charge in [-0.15, -0.1) is 0 Å². The molecule has 102 valence electrons. The molecular formula is C13H14FNO3S. The molecule has 0 fully saturated rings. The topological polar surface area (TPSA) is 59.3 Å². The highest BCUT2D eigenvalue weighted by Crippen LogP contribution is 2.18. The summed E-state index contributed by atoms with van der Waals surface area (Å²) >= 11 is 0. The quantitative estimate of drug-likeness (QED) is 0.854. The Kier molecular flexibility index (Phi) is 4.01. The van der Waals surface area contributed by atoms with Crippen LogP contribution in [0.15, 0.2) is 45.7 Å². The maximum Gasteiger partial charge on any atom is 0.185 e. The third-order valence-electron chi connectivity index (χ3n) is 2.57. The summed E-state index contributed by atoms with van der Waals surface area (Å²) in [6.07, 6.45) is 0. The van der Waals surface area contributed by atoms with Crippen molar-refractivity contribution in [1.29, 1.82) is 0 Å². The highest BCUT2D eigenvalue weighted by molar-refractivity contribution is 7.90. The Labute approximate surface area is 111 Å². The van der Waals surface area contributed by atoms with Crippen molar-refractivity contribution in [2.24, 2.45) is 0 Å². The number of halogens is 1. The lowest BCUT2D eigenvalue weighted by atomic mass is 10.4. The van der Waals surface area contributed by atoms with Gasteiger partial charge in [0.25, 0.3) is 0 Å². The normalized spacial score (nSPS) is 11.7. The molecule has 1 aromatic heterocycles. The van der Waals surface area contributed by atoms with Gasteiger partial charge >= 0.3 is 0 Å². The van der Waals surface area contributed by atoms with Crippen molar-refractivity contribution in [2.75, 3.05) is 7.05 Å². The van der Waals surface area contributed by atoms with Gasteiger partial charge in [-0.3, -0.25) is 0 Å². The van der Waals surface area contributed by atoms with Crippen LogP contribution in [0.5, 0.6) is 0 Å². The fourth-order valence-electron chi connectivity index (χ4n) is 1.68. The summed E-state index contributed by atoms with van der Waals surface area (Å²) in [5.74, 6) is 0.345. The van der Waals surface area contributed by atoms with Crippen molar-refractivity contribution in [1.82, 2.24) is 5.32 Å². The number of furan rings is 1. The van der Waals surface area contributed by atoms with Gasteiger partial charge in [-0.1, -0.05) is 0 Å². The first-order valence-electron chi connectivity index (χ1n) is 5.72. The molecule has 0 atom stereocenters. The van der Waals surface area contributed by atoms with Gasteiger partial charge in [0.15, 0.2) is 9.84 Å². The van der Waals surface area contributed by atoms with Crippen molar-refractivity contribution < 1.29 is 17.2 Å². The molecule has 0 saturated heterocycles. The number of rotatable bonds is 5. The van der Waals surface area contributed by atoms with E-state index < -0.39 is 15.7 Å². The van der Waals surface area contributed by atoms with Crippen LogP contribution in [-0.2, 0) is 22.1 Å². The van der Waals surface area contributed by atoms with Crippen LogP contribution in [0.25, 0.3) is 0 Å². The minimum atomic E-state index is -3.51. The minimum Gasteiger partial charge on any atom is -0.464 e. The Hall–Kier alpha value is -1.66. The lowest BCUT2D eigenvalue weighted by molar-refractivity contribution is 0.465. The van der Waals surface area contributed by atoms with E-state index in [1.807, 2.05) is 0 Å². The number of hydrogen-bond donors (Lipinski definition) is 1. The van der Waals surface area contributed by atoms with Gasteiger partial charge in [0.05, 0.1) is 11.4 Å². The molecule has 4 nitrogen and oxygen atoms in total. The Bertz CT molecular complexity index is 647. The molecule has 0 aliphatic rings. The average Bonchev–Trinajstić information content (AvgIpc) is 2.77. The number of nitrogens with one attached hydrogen (secondary N) is 1. The fraction of sp³-hybridized carbons (Fsp3) is 0.231. The van der Waals surface area contributed by atoms with Crippen molar-refractivity contribution in [3.05, 3.63) is 53.7 Å². The third kappa shape index (κ3) is 3.42. The van der Waals surface area contributed by atoms with E-state index in [0.717, 1.165) is 12.1 Å².